The minimum Gasteiger partial charge on any atom is -0.444 e. The van der Waals surface area contributed by atoms with Crippen LogP contribution in [0.25, 0.3) is 0 Å². The largest absolute Gasteiger partial charge is 0.444 e. The first-order valence-corrected chi connectivity index (χ1v) is 17.3. The third-order valence-electron chi connectivity index (χ3n) is 8.33. The first kappa shape index (κ1) is 41.6. The summed E-state index contributed by atoms with van der Waals surface area (Å²) in [5.41, 5.74) is 1.91. The molecule has 0 radical (unpaired) electrons. The number of nitrogens with one attached hydrogen (secondary N) is 1. The highest BCUT2D eigenvalue weighted by molar-refractivity contribution is 5.68. The Morgan fingerprint density at radius 1 is 0.913 bits per heavy atom. The van der Waals surface area contributed by atoms with Gasteiger partial charge in [0, 0.05) is 32.7 Å². The van der Waals surface area contributed by atoms with Crippen LogP contribution in [0.15, 0.2) is 18.5 Å². The number of carbonyl (C=O) groups is 2. The highest BCUT2D eigenvalue weighted by atomic mass is 16.6. The van der Waals surface area contributed by atoms with Crippen molar-refractivity contribution in [1.29, 1.82) is 0 Å². The van der Waals surface area contributed by atoms with Gasteiger partial charge in [-0.25, -0.2) is 9.59 Å². The van der Waals surface area contributed by atoms with E-state index >= 15 is 0 Å². The summed E-state index contributed by atoms with van der Waals surface area (Å²) in [6.45, 7) is 29.4. The molecule has 46 heavy (non-hydrogen) atoms. The van der Waals surface area contributed by atoms with Crippen molar-refractivity contribution in [3.05, 3.63) is 29.6 Å². The number of rotatable bonds is 6. The van der Waals surface area contributed by atoms with Gasteiger partial charge >= 0.3 is 12.2 Å². The molecule has 266 valence electrons. The van der Waals surface area contributed by atoms with Crippen LogP contribution >= 0.6 is 0 Å². The fraction of sp³-hybridized carbons (Fsp3) is 0.811. The maximum Gasteiger partial charge on any atom is 0.410 e. The third kappa shape index (κ3) is 15.5. The highest BCUT2D eigenvalue weighted by Gasteiger charge is 2.35. The lowest BCUT2D eigenvalue weighted by atomic mass is 9.84. The summed E-state index contributed by atoms with van der Waals surface area (Å²) < 4.78 is 21.6. The summed E-state index contributed by atoms with van der Waals surface area (Å²) in [4.78, 5) is 29.6. The zero-order valence-electron chi connectivity index (χ0n) is 31.6. The molecule has 0 spiro atoms. The number of aryl methyl sites for hydroxylation is 1. The molecule has 4 unspecified atom stereocenters. The van der Waals surface area contributed by atoms with Crippen LogP contribution in [0.1, 0.15) is 120 Å². The Morgan fingerprint density at radius 2 is 1.46 bits per heavy atom. The number of carbonyl (C=O) groups excluding carboxylic acids is 2. The second-order valence-corrected chi connectivity index (χ2v) is 15.5. The smallest absolute Gasteiger partial charge is 0.410 e. The van der Waals surface area contributed by atoms with E-state index in [1.807, 2.05) is 61.0 Å². The van der Waals surface area contributed by atoms with Crippen molar-refractivity contribution >= 4 is 12.2 Å². The Labute approximate surface area is 280 Å². The number of pyridine rings is 1. The lowest BCUT2D eigenvalue weighted by Gasteiger charge is -2.40. The van der Waals surface area contributed by atoms with Gasteiger partial charge in [-0.05, 0) is 108 Å². The van der Waals surface area contributed by atoms with Crippen LogP contribution in [-0.4, -0.2) is 78.8 Å². The Kier molecular flexibility index (Phi) is 17.6. The highest BCUT2D eigenvalue weighted by Crippen LogP contribution is 2.28. The first-order valence-electron chi connectivity index (χ1n) is 17.3. The Balaban J connectivity index is 0.000000355. The van der Waals surface area contributed by atoms with Crippen LogP contribution < -0.4 is 5.32 Å². The number of aromatic nitrogens is 1. The Morgan fingerprint density at radius 3 is 1.93 bits per heavy atom. The van der Waals surface area contributed by atoms with Gasteiger partial charge in [0.25, 0.3) is 0 Å². The molecule has 2 aliphatic heterocycles. The van der Waals surface area contributed by atoms with E-state index < -0.39 is 11.2 Å². The van der Waals surface area contributed by atoms with Crippen molar-refractivity contribution in [2.75, 3.05) is 33.5 Å². The van der Waals surface area contributed by atoms with Gasteiger partial charge < -0.3 is 29.2 Å². The minimum atomic E-state index is -0.451. The summed E-state index contributed by atoms with van der Waals surface area (Å²) in [5, 5.41) is 2.92. The number of likely N-dealkylation sites (N-methyl/N-ethyl adjacent to an activating group) is 1. The molecule has 3 rings (SSSR count). The van der Waals surface area contributed by atoms with Gasteiger partial charge in [-0.1, -0.05) is 48.5 Å². The van der Waals surface area contributed by atoms with Gasteiger partial charge in [-0.2, -0.15) is 0 Å². The molecule has 2 amide bonds. The van der Waals surface area contributed by atoms with Crippen LogP contribution in [0, 0.1) is 23.7 Å². The average molecular weight is 650 g/mol. The molecule has 9 nitrogen and oxygen atoms in total. The number of hydrogen-bond donors (Lipinski definition) is 1. The summed E-state index contributed by atoms with van der Waals surface area (Å²) in [5.74, 6) is 2.66. The SMILES string of the molecule is CC(C)C1CCOCC1N(C)C(=O)OC(C)(C)C.CC(C)C1CCOCC1NC(=O)OC(C)(C)C.CCc1cnccc1C(C)C. The predicted molar refractivity (Wildman–Crippen MR) is 186 cm³/mol. The van der Waals surface area contributed by atoms with E-state index in [1.165, 1.54) is 11.1 Å². The zero-order valence-corrected chi connectivity index (χ0v) is 31.6. The van der Waals surface area contributed by atoms with E-state index in [1.54, 1.807) is 4.90 Å². The lowest BCUT2D eigenvalue weighted by molar-refractivity contribution is -0.0368. The van der Waals surface area contributed by atoms with Crippen molar-refractivity contribution in [2.45, 2.75) is 138 Å². The molecule has 1 aromatic rings. The molecule has 1 aromatic heterocycles. The van der Waals surface area contributed by atoms with Gasteiger partial charge in [-0.3, -0.25) is 4.98 Å². The van der Waals surface area contributed by atoms with E-state index in [2.05, 4.69) is 64.8 Å². The maximum absolute atomic E-state index is 12.1. The van der Waals surface area contributed by atoms with E-state index in [4.69, 9.17) is 18.9 Å². The summed E-state index contributed by atoms with van der Waals surface area (Å²) in [7, 11) is 1.81. The monoisotopic (exact) mass is 650 g/mol. The van der Waals surface area contributed by atoms with E-state index in [0.717, 1.165) is 32.5 Å². The molecule has 2 aliphatic rings. The van der Waals surface area contributed by atoms with Crippen molar-refractivity contribution in [1.82, 2.24) is 15.2 Å². The third-order valence-corrected chi connectivity index (χ3v) is 8.33. The van der Waals surface area contributed by atoms with E-state index in [-0.39, 0.29) is 24.3 Å². The van der Waals surface area contributed by atoms with E-state index in [0.29, 0.717) is 42.8 Å². The van der Waals surface area contributed by atoms with Crippen LogP contribution in [0.5, 0.6) is 0 Å². The van der Waals surface area contributed by atoms with E-state index in [9.17, 15) is 9.59 Å². The molecule has 2 saturated heterocycles. The standard InChI is InChI=1S/C14H27NO3.C13H25NO3.C10H15N/c1-10(2)11-7-8-17-9-12(11)15(6)13(16)18-14(3,4)5;1-9(2)10-6-7-16-8-11(10)14-12(15)17-13(3,4)5;1-4-9-7-11-6-5-10(9)8(2)3/h10-12H,7-9H2,1-6H3;9-11H,6-8H2,1-5H3,(H,14,15);5-8H,4H2,1-3H3. The number of alkyl carbamates (subject to hydrolysis) is 1. The molecule has 1 N–H and O–H groups in total. The molecular formula is C37H67N3O6. The molecule has 0 saturated carbocycles. The fourth-order valence-corrected chi connectivity index (χ4v) is 5.84. The second-order valence-electron chi connectivity index (χ2n) is 15.5. The topological polar surface area (TPSA) is 99.2 Å². The molecule has 0 aliphatic carbocycles. The molecule has 0 bridgehead atoms. The van der Waals surface area contributed by atoms with Crippen molar-refractivity contribution in [2.24, 2.45) is 23.7 Å². The van der Waals surface area contributed by atoms with Crippen molar-refractivity contribution in [3.8, 4) is 0 Å². The number of nitrogens with zero attached hydrogens (tertiary/aromatic N) is 2. The number of hydrogen-bond acceptors (Lipinski definition) is 7. The predicted octanol–water partition coefficient (Wildman–Crippen LogP) is 8.25. The number of amides is 2. The maximum atomic E-state index is 12.1. The van der Waals surface area contributed by atoms with Crippen LogP contribution in [0.4, 0.5) is 9.59 Å². The van der Waals surface area contributed by atoms with Gasteiger partial charge in [0.05, 0.1) is 25.3 Å². The quantitative estimate of drug-likeness (QED) is 0.331. The Hall–Kier alpha value is -2.39. The van der Waals surface area contributed by atoms with Gasteiger partial charge in [-0.15, -0.1) is 0 Å². The van der Waals surface area contributed by atoms with Crippen molar-refractivity contribution in [3.63, 3.8) is 0 Å². The van der Waals surface area contributed by atoms with Crippen LogP contribution in [0.2, 0.25) is 0 Å². The first-order chi connectivity index (χ1) is 21.3. The molecule has 9 heteroatoms. The molecule has 2 fully saturated rings. The van der Waals surface area contributed by atoms with Gasteiger partial charge in [0.15, 0.2) is 0 Å². The fourth-order valence-electron chi connectivity index (χ4n) is 5.84. The van der Waals surface area contributed by atoms with Crippen LogP contribution in [0.3, 0.4) is 0 Å². The van der Waals surface area contributed by atoms with Gasteiger partial charge in [0.2, 0.25) is 0 Å². The summed E-state index contributed by atoms with van der Waals surface area (Å²) in [6.07, 6.45) is 6.32. The van der Waals surface area contributed by atoms with Crippen molar-refractivity contribution < 1.29 is 28.5 Å². The second kappa shape index (κ2) is 19.4. The molecule has 4 atom stereocenters. The minimum absolute atomic E-state index is 0.0681. The molecular weight excluding hydrogens is 582 g/mol. The Bertz CT molecular complexity index is 1030. The lowest BCUT2D eigenvalue weighted by Crippen LogP contribution is -2.50. The molecule has 0 aromatic carbocycles. The number of ether oxygens (including phenoxy) is 4. The molecule has 3 heterocycles. The van der Waals surface area contributed by atoms with Gasteiger partial charge in [0.1, 0.15) is 11.2 Å². The van der Waals surface area contributed by atoms with Crippen LogP contribution in [-0.2, 0) is 25.4 Å². The summed E-state index contributed by atoms with van der Waals surface area (Å²) >= 11 is 0. The average Bonchev–Trinajstić information content (AvgIpc) is 2.95. The zero-order chi connectivity index (χ0) is 35.2. The summed E-state index contributed by atoms with van der Waals surface area (Å²) in [6, 6.07) is 2.30. The normalized spacial score (nSPS) is 21.8.